The van der Waals surface area contributed by atoms with Crippen molar-refractivity contribution in [2.24, 2.45) is 0 Å². The van der Waals surface area contributed by atoms with Gasteiger partial charge in [-0.25, -0.2) is 0 Å². The molecule has 2 rings (SSSR count). The van der Waals surface area contributed by atoms with Crippen LogP contribution in [0.1, 0.15) is 11.1 Å². The number of alkyl halides is 2. The Balaban J connectivity index is 2.05. The summed E-state index contributed by atoms with van der Waals surface area (Å²) in [5.74, 6) is 0.365. The molecule has 0 unspecified atom stereocenters. The zero-order chi connectivity index (χ0) is 15.9. The summed E-state index contributed by atoms with van der Waals surface area (Å²) in [7, 11) is 1.42. The number of methoxy groups -OCH3 is 1. The maximum Gasteiger partial charge on any atom is 0.387 e. The molecule has 0 aliphatic carbocycles. The van der Waals surface area contributed by atoms with Crippen LogP contribution in [-0.4, -0.2) is 13.7 Å². The molecular formula is C16H16BrF2NO2. The Hall–Kier alpha value is -1.66. The number of hydrogen-bond acceptors (Lipinski definition) is 3. The summed E-state index contributed by atoms with van der Waals surface area (Å²) in [4.78, 5) is 0. The van der Waals surface area contributed by atoms with Gasteiger partial charge in [0.15, 0.2) is 11.5 Å². The Morgan fingerprint density at radius 3 is 2.59 bits per heavy atom. The Kier molecular flexibility index (Phi) is 6.15. The standard InChI is InChI=1S/C16H16BrF2NO2/c1-21-14-7-3-5-12(15(14)22-16(18)19)10-20-9-11-4-2-6-13(17)8-11/h2-8,16,20H,9-10H2,1H3. The summed E-state index contributed by atoms with van der Waals surface area (Å²) in [6, 6.07) is 12.9. The predicted molar refractivity (Wildman–Crippen MR) is 84.3 cm³/mol. The molecule has 3 nitrogen and oxygen atoms in total. The lowest BCUT2D eigenvalue weighted by molar-refractivity contribution is -0.0518. The van der Waals surface area contributed by atoms with Crippen molar-refractivity contribution in [2.45, 2.75) is 19.7 Å². The van der Waals surface area contributed by atoms with E-state index in [1.54, 1.807) is 18.2 Å². The average molecular weight is 372 g/mol. The lowest BCUT2D eigenvalue weighted by Gasteiger charge is -2.15. The summed E-state index contributed by atoms with van der Waals surface area (Å²) < 4.78 is 35.7. The molecule has 0 amide bonds. The molecule has 0 bridgehead atoms. The van der Waals surface area contributed by atoms with Gasteiger partial charge in [-0.15, -0.1) is 0 Å². The third-order valence-corrected chi connectivity index (χ3v) is 3.51. The van der Waals surface area contributed by atoms with Gasteiger partial charge in [-0.1, -0.05) is 40.2 Å². The van der Waals surface area contributed by atoms with Gasteiger partial charge in [-0.2, -0.15) is 8.78 Å². The fraction of sp³-hybridized carbons (Fsp3) is 0.250. The van der Waals surface area contributed by atoms with Crippen LogP contribution in [0.25, 0.3) is 0 Å². The number of nitrogens with one attached hydrogen (secondary N) is 1. The molecule has 0 radical (unpaired) electrons. The Bertz CT molecular complexity index is 623. The quantitative estimate of drug-likeness (QED) is 0.784. The molecule has 118 valence electrons. The van der Waals surface area contributed by atoms with E-state index in [-0.39, 0.29) is 5.75 Å². The van der Waals surface area contributed by atoms with E-state index in [0.29, 0.717) is 24.4 Å². The van der Waals surface area contributed by atoms with Gasteiger partial charge in [0.05, 0.1) is 7.11 Å². The molecule has 0 fully saturated rings. The molecule has 0 atom stereocenters. The molecule has 0 saturated heterocycles. The van der Waals surface area contributed by atoms with Gasteiger partial charge in [0.2, 0.25) is 0 Å². The van der Waals surface area contributed by atoms with Gasteiger partial charge >= 0.3 is 6.61 Å². The summed E-state index contributed by atoms with van der Waals surface area (Å²) in [6.45, 7) is -1.88. The maximum absolute atomic E-state index is 12.5. The van der Waals surface area contributed by atoms with Gasteiger partial charge in [-0.3, -0.25) is 0 Å². The first-order valence-corrected chi connectivity index (χ1v) is 7.45. The molecule has 22 heavy (non-hydrogen) atoms. The molecule has 0 saturated carbocycles. The maximum atomic E-state index is 12.5. The van der Waals surface area contributed by atoms with Gasteiger partial charge in [-0.05, 0) is 23.8 Å². The minimum absolute atomic E-state index is 0.0711. The number of benzene rings is 2. The van der Waals surface area contributed by atoms with Crippen molar-refractivity contribution in [3.63, 3.8) is 0 Å². The lowest BCUT2D eigenvalue weighted by atomic mass is 10.1. The molecule has 1 N–H and O–H groups in total. The number of para-hydroxylation sites is 1. The largest absolute Gasteiger partial charge is 0.493 e. The minimum Gasteiger partial charge on any atom is -0.493 e. The van der Waals surface area contributed by atoms with E-state index in [0.717, 1.165) is 10.0 Å². The number of hydrogen-bond donors (Lipinski definition) is 1. The normalized spacial score (nSPS) is 10.8. The Morgan fingerprint density at radius 2 is 1.91 bits per heavy atom. The van der Waals surface area contributed by atoms with Crippen LogP contribution in [0.15, 0.2) is 46.9 Å². The van der Waals surface area contributed by atoms with Crippen LogP contribution in [0.2, 0.25) is 0 Å². The first-order valence-electron chi connectivity index (χ1n) is 6.66. The van der Waals surface area contributed by atoms with Crippen molar-refractivity contribution >= 4 is 15.9 Å². The fourth-order valence-electron chi connectivity index (χ4n) is 2.07. The van der Waals surface area contributed by atoms with Crippen LogP contribution in [0.3, 0.4) is 0 Å². The predicted octanol–water partition coefficient (Wildman–Crippen LogP) is 4.35. The van der Waals surface area contributed by atoms with Gasteiger partial charge in [0, 0.05) is 23.1 Å². The fourth-order valence-corrected chi connectivity index (χ4v) is 2.52. The highest BCUT2D eigenvalue weighted by atomic mass is 79.9. The van der Waals surface area contributed by atoms with Crippen molar-refractivity contribution < 1.29 is 18.3 Å². The first-order chi connectivity index (χ1) is 10.6. The van der Waals surface area contributed by atoms with Crippen LogP contribution in [0.5, 0.6) is 11.5 Å². The third kappa shape index (κ3) is 4.68. The minimum atomic E-state index is -2.89. The highest BCUT2D eigenvalue weighted by Gasteiger charge is 2.14. The Morgan fingerprint density at radius 1 is 1.14 bits per heavy atom. The van der Waals surface area contributed by atoms with E-state index in [1.807, 2.05) is 24.3 Å². The molecule has 0 spiro atoms. The lowest BCUT2D eigenvalue weighted by Crippen LogP contribution is -2.15. The smallest absolute Gasteiger partial charge is 0.387 e. The van der Waals surface area contributed by atoms with Crippen molar-refractivity contribution in [3.05, 3.63) is 58.1 Å². The number of halogens is 3. The van der Waals surface area contributed by atoms with Crippen LogP contribution in [-0.2, 0) is 13.1 Å². The van der Waals surface area contributed by atoms with E-state index in [2.05, 4.69) is 26.0 Å². The molecule has 0 heterocycles. The van der Waals surface area contributed by atoms with Crippen molar-refractivity contribution in [1.82, 2.24) is 5.32 Å². The van der Waals surface area contributed by atoms with Crippen molar-refractivity contribution in [2.75, 3.05) is 7.11 Å². The molecule has 0 aliphatic rings. The second kappa shape index (κ2) is 8.10. The Labute approximate surface area is 136 Å². The van der Waals surface area contributed by atoms with E-state index in [9.17, 15) is 8.78 Å². The van der Waals surface area contributed by atoms with Crippen molar-refractivity contribution in [1.29, 1.82) is 0 Å². The highest BCUT2D eigenvalue weighted by Crippen LogP contribution is 2.32. The zero-order valence-corrected chi connectivity index (χ0v) is 13.6. The SMILES string of the molecule is COc1cccc(CNCc2cccc(Br)c2)c1OC(F)F. The van der Waals surface area contributed by atoms with Gasteiger partial charge < -0.3 is 14.8 Å². The molecule has 6 heteroatoms. The van der Waals surface area contributed by atoms with Gasteiger partial charge in [0.1, 0.15) is 0 Å². The van der Waals surface area contributed by atoms with Crippen molar-refractivity contribution in [3.8, 4) is 11.5 Å². The summed E-state index contributed by atoms with van der Waals surface area (Å²) in [6.07, 6.45) is 0. The van der Waals surface area contributed by atoms with Gasteiger partial charge in [0.25, 0.3) is 0 Å². The topological polar surface area (TPSA) is 30.5 Å². The molecular weight excluding hydrogens is 356 g/mol. The molecule has 2 aromatic rings. The monoisotopic (exact) mass is 371 g/mol. The van der Waals surface area contributed by atoms with Crippen LogP contribution in [0.4, 0.5) is 8.78 Å². The highest BCUT2D eigenvalue weighted by molar-refractivity contribution is 9.10. The average Bonchev–Trinajstić information content (AvgIpc) is 2.48. The van der Waals surface area contributed by atoms with E-state index >= 15 is 0 Å². The first kappa shape index (κ1) is 16.7. The van der Waals surface area contributed by atoms with Crippen LogP contribution in [0, 0.1) is 0 Å². The zero-order valence-electron chi connectivity index (χ0n) is 12.0. The second-order valence-corrected chi connectivity index (χ2v) is 5.48. The third-order valence-electron chi connectivity index (χ3n) is 3.02. The summed E-state index contributed by atoms with van der Waals surface area (Å²) in [5, 5.41) is 3.21. The molecule has 0 aromatic heterocycles. The van der Waals surface area contributed by atoms with E-state index < -0.39 is 6.61 Å². The number of rotatable bonds is 7. The molecule has 0 aliphatic heterocycles. The van der Waals surface area contributed by atoms with E-state index in [1.165, 1.54) is 7.11 Å². The van der Waals surface area contributed by atoms with E-state index in [4.69, 9.17) is 4.74 Å². The summed E-state index contributed by atoms with van der Waals surface area (Å²) in [5.41, 5.74) is 1.71. The second-order valence-electron chi connectivity index (χ2n) is 4.56. The van der Waals surface area contributed by atoms with Crippen LogP contribution < -0.4 is 14.8 Å². The number of ether oxygens (including phenoxy) is 2. The summed E-state index contributed by atoms with van der Waals surface area (Å²) >= 11 is 3.41. The molecule has 2 aromatic carbocycles. The van der Waals surface area contributed by atoms with Crippen LogP contribution >= 0.6 is 15.9 Å².